The third-order valence-electron chi connectivity index (χ3n) is 2.31. The standard InChI is InChI=1S/C13H12O4S/c1-16-13(15)9-6-10(17-7-9)8-18-12-5-3-2-4-11(12)14/h2-7,14H,8H2,1H3. The lowest BCUT2D eigenvalue weighted by atomic mass is 10.3. The third kappa shape index (κ3) is 2.87. The van der Waals surface area contributed by atoms with Crippen LogP contribution in [0.15, 0.2) is 45.9 Å². The first-order valence-corrected chi connectivity index (χ1v) is 6.26. The number of carbonyl (C=O) groups is 1. The highest BCUT2D eigenvalue weighted by Crippen LogP contribution is 2.30. The summed E-state index contributed by atoms with van der Waals surface area (Å²) in [6, 6.07) is 8.71. The highest BCUT2D eigenvalue weighted by atomic mass is 32.2. The molecule has 0 saturated carbocycles. The molecule has 94 valence electrons. The van der Waals surface area contributed by atoms with E-state index in [1.165, 1.54) is 25.1 Å². The van der Waals surface area contributed by atoms with Gasteiger partial charge in [-0.25, -0.2) is 4.79 Å². The lowest BCUT2D eigenvalue weighted by molar-refractivity contribution is 0.0600. The number of phenols is 1. The summed E-state index contributed by atoms with van der Waals surface area (Å²) in [4.78, 5) is 12.0. The number of carbonyl (C=O) groups excluding carboxylic acids is 1. The van der Waals surface area contributed by atoms with Crippen molar-refractivity contribution in [3.05, 3.63) is 47.9 Å². The molecule has 0 spiro atoms. The Morgan fingerprint density at radius 2 is 2.22 bits per heavy atom. The number of benzene rings is 1. The predicted octanol–water partition coefficient (Wildman–Crippen LogP) is 3.06. The van der Waals surface area contributed by atoms with Crippen LogP contribution in [0.5, 0.6) is 5.75 Å². The van der Waals surface area contributed by atoms with Crippen molar-refractivity contribution in [2.75, 3.05) is 7.11 Å². The fourth-order valence-electron chi connectivity index (χ4n) is 1.41. The van der Waals surface area contributed by atoms with Crippen LogP contribution in [-0.4, -0.2) is 18.2 Å². The molecule has 0 radical (unpaired) electrons. The van der Waals surface area contributed by atoms with Gasteiger partial charge < -0.3 is 14.3 Å². The summed E-state index contributed by atoms with van der Waals surface area (Å²) >= 11 is 1.44. The molecule has 1 aromatic carbocycles. The fraction of sp³-hybridized carbons (Fsp3) is 0.154. The lowest BCUT2D eigenvalue weighted by Gasteiger charge is -2.01. The van der Waals surface area contributed by atoms with Crippen LogP contribution in [0.2, 0.25) is 0 Å². The minimum absolute atomic E-state index is 0.238. The molecule has 1 N–H and O–H groups in total. The van der Waals surface area contributed by atoms with Gasteiger partial charge >= 0.3 is 5.97 Å². The molecule has 0 fully saturated rings. The summed E-state index contributed by atoms with van der Waals surface area (Å²) in [7, 11) is 1.33. The molecule has 0 aliphatic rings. The Labute approximate surface area is 109 Å². The fourth-order valence-corrected chi connectivity index (χ4v) is 2.25. The van der Waals surface area contributed by atoms with E-state index in [0.717, 1.165) is 4.90 Å². The number of esters is 1. The molecule has 0 unspecified atom stereocenters. The highest BCUT2D eigenvalue weighted by molar-refractivity contribution is 7.98. The highest BCUT2D eigenvalue weighted by Gasteiger charge is 2.10. The van der Waals surface area contributed by atoms with Crippen LogP contribution in [0, 0.1) is 0 Å². The van der Waals surface area contributed by atoms with E-state index in [0.29, 0.717) is 17.1 Å². The van der Waals surface area contributed by atoms with Crippen LogP contribution < -0.4 is 0 Å². The van der Waals surface area contributed by atoms with Crippen molar-refractivity contribution in [3.63, 3.8) is 0 Å². The Hall–Kier alpha value is -1.88. The van der Waals surface area contributed by atoms with Gasteiger partial charge in [-0.3, -0.25) is 0 Å². The van der Waals surface area contributed by atoms with Gasteiger partial charge in [-0.05, 0) is 18.2 Å². The van der Waals surface area contributed by atoms with Crippen molar-refractivity contribution in [1.29, 1.82) is 0 Å². The van der Waals surface area contributed by atoms with Crippen LogP contribution in [0.1, 0.15) is 16.1 Å². The molecule has 0 aliphatic heterocycles. The number of para-hydroxylation sites is 1. The molecular weight excluding hydrogens is 252 g/mol. The number of hydrogen-bond donors (Lipinski definition) is 1. The van der Waals surface area contributed by atoms with Gasteiger partial charge in [-0.15, -0.1) is 11.8 Å². The average molecular weight is 264 g/mol. The Bertz CT molecular complexity index is 547. The molecule has 0 bridgehead atoms. The largest absolute Gasteiger partial charge is 0.507 e. The van der Waals surface area contributed by atoms with Crippen molar-refractivity contribution in [2.24, 2.45) is 0 Å². The molecule has 4 nitrogen and oxygen atoms in total. The number of furan rings is 1. The monoisotopic (exact) mass is 264 g/mol. The van der Waals surface area contributed by atoms with Gasteiger partial charge in [-0.1, -0.05) is 12.1 Å². The van der Waals surface area contributed by atoms with Gasteiger partial charge in [0.25, 0.3) is 0 Å². The maximum atomic E-state index is 11.2. The van der Waals surface area contributed by atoms with E-state index in [2.05, 4.69) is 4.74 Å². The molecule has 0 atom stereocenters. The predicted molar refractivity (Wildman–Crippen MR) is 67.7 cm³/mol. The molecule has 0 aliphatic carbocycles. The Kier molecular flexibility index (Phi) is 3.94. The average Bonchev–Trinajstić information content (AvgIpc) is 2.86. The molecule has 18 heavy (non-hydrogen) atoms. The second-order valence-electron chi connectivity index (χ2n) is 3.55. The van der Waals surface area contributed by atoms with Gasteiger partial charge in [-0.2, -0.15) is 0 Å². The summed E-state index contributed by atoms with van der Waals surface area (Å²) in [6.07, 6.45) is 1.37. The zero-order chi connectivity index (χ0) is 13.0. The van der Waals surface area contributed by atoms with Gasteiger partial charge in [0.1, 0.15) is 17.8 Å². The first kappa shape index (κ1) is 12.6. The number of thioether (sulfide) groups is 1. The van der Waals surface area contributed by atoms with Crippen LogP contribution in [0.4, 0.5) is 0 Å². The number of phenolic OH excluding ortho intramolecular Hbond substituents is 1. The smallest absolute Gasteiger partial charge is 0.341 e. The third-order valence-corrected chi connectivity index (χ3v) is 3.40. The van der Waals surface area contributed by atoms with Crippen molar-refractivity contribution >= 4 is 17.7 Å². The Morgan fingerprint density at radius 1 is 1.44 bits per heavy atom. The van der Waals surface area contributed by atoms with Gasteiger partial charge in [0.2, 0.25) is 0 Å². The molecule has 0 saturated heterocycles. The van der Waals surface area contributed by atoms with Crippen LogP contribution in [-0.2, 0) is 10.5 Å². The number of hydrogen-bond acceptors (Lipinski definition) is 5. The Balaban J connectivity index is 2.01. The van der Waals surface area contributed by atoms with Crippen molar-refractivity contribution < 1.29 is 19.1 Å². The number of rotatable bonds is 4. The van der Waals surface area contributed by atoms with Crippen molar-refractivity contribution in [3.8, 4) is 5.75 Å². The second-order valence-corrected chi connectivity index (χ2v) is 4.57. The van der Waals surface area contributed by atoms with E-state index < -0.39 is 5.97 Å². The second kappa shape index (κ2) is 5.64. The first-order valence-electron chi connectivity index (χ1n) is 5.27. The molecule has 5 heteroatoms. The molecule has 0 amide bonds. The molecule has 2 aromatic rings. The van der Waals surface area contributed by atoms with E-state index in [-0.39, 0.29) is 5.75 Å². The van der Waals surface area contributed by atoms with Crippen molar-refractivity contribution in [2.45, 2.75) is 10.6 Å². The van der Waals surface area contributed by atoms with E-state index in [4.69, 9.17) is 4.42 Å². The molecular formula is C13H12O4S. The number of aromatic hydroxyl groups is 1. The topological polar surface area (TPSA) is 59.7 Å². The van der Waals surface area contributed by atoms with Gasteiger partial charge in [0.05, 0.1) is 18.4 Å². The van der Waals surface area contributed by atoms with E-state index >= 15 is 0 Å². The lowest BCUT2D eigenvalue weighted by Crippen LogP contribution is -1.98. The molecule has 1 aromatic heterocycles. The summed E-state index contributed by atoms with van der Waals surface area (Å²) in [5, 5.41) is 9.59. The van der Waals surface area contributed by atoms with Crippen LogP contribution >= 0.6 is 11.8 Å². The van der Waals surface area contributed by atoms with Crippen molar-refractivity contribution in [1.82, 2.24) is 0 Å². The quantitative estimate of drug-likeness (QED) is 0.679. The van der Waals surface area contributed by atoms with Gasteiger partial charge in [0.15, 0.2) is 0 Å². The zero-order valence-electron chi connectivity index (χ0n) is 9.75. The van der Waals surface area contributed by atoms with E-state index in [1.807, 2.05) is 12.1 Å². The maximum Gasteiger partial charge on any atom is 0.341 e. The maximum absolute atomic E-state index is 11.2. The van der Waals surface area contributed by atoms with E-state index in [1.54, 1.807) is 18.2 Å². The molecule has 2 rings (SSSR count). The molecule has 1 heterocycles. The first-order chi connectivity index (χ1) is 8.70. The number of methoxy groups -OCH3 is 1. The SMILES string of the molecule is COC(=O)c1coc(CSc2ccccc2O)c1. The Morgan fingerprint density at radius 3 is 2.94 bits per heavy atom. The van der Waals surface area contributed by atoms with Gasteiger partial charge in [0, 0.05) is 4.90 Å². The summed E-state index contributed by atoms with van der Waals surface area (Å²) in [5.74, 6) is 1.01. The minimum atomic E-state index is -0.419. The zero-order valence-corrected chi connectivity index (χ0v) is 10.6. The minimum Gasteiger partial charge on any atom is -0.507 e. The van der Waals surface area contributed by atoms with E-state index in [9.17, 15) is 9.90 Å². The van der Waals surface area contributed by atoms with Crippen LogP contribution in [0.25, 0.3) is 0 Å². The summed E-state index contributed by atoms with van der Waals surface area (Å²) in [6.45, 7) is 0. The summed E-state index contributed by atoms with van der Waals surface area (Å²) in [5.41, 5.74) is 0.394. The van der Waals surface area contributed by atoms with Crippen LogP contribution in [0.3, 0.4) is 0 Å². The normalized spacial score (nSPS) is 10.3. The number of ether oxygens (including phenoxy) is 1. The summed E-state index contributed by atoms with van der Waals surface area (Å²) < 4.78 is 9.83.